The van der Waals surface area contributed by atoms with Gasteiger partial charge >= 0.3 is 0 Å². The van der Waals surface area contributed by atoms with Crippen molar-refractivity contribution in [3.8, 4) is 0 Å². The lowest BCUT2D eigenvalue weighted by molar-refractivity contribution is -0.134. The van der Waals surface area contributed by atoms with Gasteiger partial charge in [-0.3, -0.25) is 24.2 Å². The Morgan fingerprint density at radius 3 is 2.62 bits per heavy atom. The topological polar surface area (TPSA) is 159 Å². The van der Waals surface area contributed by atoms with Gasteiger partial charge in [0.05, 0.1) is 17.6 Å². The summed E-state index contributed by atoms with van der Waals surface area (Å²) >= 11 is 0. The summed E-state index contributed by atoms with van der Waals surface area (Å²) in [7, 11) is 1.58. The lowest BCUT2D eigenvalue weighted by Crippen LogP contribution is -2.36. The first-order chi connectivity index (χ1) is 15.2. The van der Waals surface area contributed by atoms with E-state index in [2.05, 4.69) is 10.3 Å². The number of carbonyl (C=O) groups is 2. The van der Waals surface area contributed by atoms with Gasteiger partial charge in [-0.15, -0.1) is 0 Å². The zero-order valence-corrected chi connectivity index (χ0v) is 18.2. The van der Waals surface area contributed by atoms with Gasteiger partial charge in [0.1, 0.15) is 16.8 Å². The zero-order valence-electron chi connectivity index (χ0n) is 18.2. The highest BCUT2D eigenvalue weighted by Gasteiger charge is 2.17. The first-order valence-corrected chi connectivity index (χ1v) is 9.90. The lowest BCUT2D eigenvalue weighted by atomic mass is 10.2. The molecule has 0 fully saturated rings. The summed E-state index contributed by atoms with van der Waals surface area (Å²) < 4.78 is 7.77. The van der Waals surface area contributed by atoms with E-state index in [0.29, 0.717) is 25.2 Å². The zero-order chi connectivity index (χ0) is 23.8. The van der Waals surface area contributed by atoms with Gasteiger partial charge in [-0.05, 0) is 31.0 Å². The molecule has 3 heterocycles. The van der Waals surface area contributed by atoms with E-state index in [-0.39, 0.29) is 40.8 Å². The largest absolute Gasteiger partial charge is 0.481 e. The van der Waals surface area contributed by atoms with Crippen LogP contribution in [0.1, 0.15) is 29.3 Å². The smallest absolute Gasteiger partial charge is 0.300 e. The number of aliphatic hydroxyl groups excluding tert-OH is 1. The number of hydrogen-bond acceptors (Lipinski definition) is 7. The van der Waals surface area contributed by atoms with E-state index < -0.39 is 11.9 Å². The number of ether oxygens (including phenoxy) is 1. The molecule has 0 unspecified atom stereocenters. The molecular formula is C21H27N5O6. The second-order valence-electron chi connectivity index (χ2n) is 6.94. The number of pyridine rings is 2. The van der Waals surface area contributed by atoms with Crippen molar-refractivity contribution in [1.82, 2.24) is 19.3 Å². The van der Waals surface area contributed by atoms with Crippen LogP contribution in [0.3, 0.4) is 0 Å². The second kappa shape index (κ2) is 11.2. The SMILES string of the molecule is CC(=O)O.COCCCNC(=O)c1cc2c(=O)n3cccc(C)c3nc2n(CCO)c1=N. The maximum Gasteiger partial charge on any atom is 0.300 e. The predicted molar refractivity (Wildman–Crippen MR) is 117 cm³/mol. The van der Waals surface area contributed by atoms with E-state index in [1.54, 1.807) is 19.4 Å². The predicted octanol–water partition coefficient (Wildman–Crippen LogP) is 0.287. The van der Waals surface area contributed by atoms with E-state index in [0.717, 1.165) is 12.5 Å². The van der Waals surface area contributed by atoms with Crippen molar-refractivity contribution in [1.29, 1.82) is 5.41 Å². The molecule has 0 saturated carbocycles. The van der Waals surface area contributed by atoms with Crippen LogP contribution in [-0.2, 0) is 16.1 Å². The highest BCUT2D eigenvalue weighted by molar-refractivity contribution is 5.96. The van der Waals surface area contributed by atoms with Crippen molar-refractivity contribution >= 4 is 28.6 Å². The Labute approximate surface area is 183 Å². The molecule has 32 heavy (non-hydrogen) atoms. The molecule has 172 valence electrons. The molecule has 0 aliphatic carbocycles. The van der Waals surface area contributed by atoms with Gasteiger partial charge in [0.15, 0.2) is 0 Å². The van der Waals surface area contributed by atoms with Crippen molar-refractivity contribution in [2.45, 2.75) is 26.8 Å². The minimum Gasteiger partial charge on any atom is -0.481 e. The third kappa shape index (κ3) is 5.56. The molecule has 0 aromatic carbocycles. The van der Waals surface area contributed by atoms with Crippen LogP contribution >= 0.6 is 0 Å². The molecular weight excluding hydrogens is 418 g/mol. The van der Waals surface area contributed by atoms with Gasteiger partial charge in [0, 0.05) is 39.9 Å². The highest BCUT2D eigenvalue weighted by atomic mass is 16.5. The summed E-state index contributed by atoms with van der Waals surface area (Å²) in [6.07, 6.45) is 2.25. The molecule has 0 atom stereocenters. The molecule has 3 aromatic rings. The number of aryl methyl sites for hydroxylation is 1. The molecule has 0 saturated heterocycles. The molecule has 1 amide bonds. The first kappa shape index (κ1) is 24.7. The van der Waals surface area contributed by atoms with E-state index >= 15 is 0 Å². The number of carboxylic acids is 1. The van der Waals surface area contributed by atoms with E-state index in [9.17, 15) is 14.7 Å². The number of fused-ring (bicyclic) bond motifs is 2. The Morgan fingerprint density at radius 2 is 2.00 bits per heavy atom. The Morgan fingerprint density at radius 1 is 1.31 bits per heavy atom. The number of aromatic nitrogens is 3. The Kier molecular flexibility index (Phi) is 8.62. The number of carbonyl (C=O) groups excluding carboxylic acids is 1. The molecule has 0 bridgehead atoms. The number of amides is 1. The van der Waals surface area contributed by atoms with Crippen LogP contribution < -0.4 is 16.4 Å². The number of aliphatic hydroxyl groups is 1. The first-order valence-electron chi connectivity index (χ1n) is 9.90. The summed E-state index contributed by atoms with van der Waals surface area (Å²) in [6.45, 7) is 3.62. The molecule has 0 aliphatic heterocycles. The molecule has 3 rings (SSSR count). The van der Waals surface area contributed by atoms with Gasteiger partial charge in [-0.25, -0.2) is 4.98 Å². The number of nitrogens with zero attached hydrogens (tertiary/aromatic N) is 3. The average molecular weight is 445 g/mol. The number of methoxy groups -OCH3 is 1. The fraction of sp³-hybridized carbons (Fsp3) is 0.381. The summed E-state index contributed by atoms with van der Waals surface area (Å²) in [4.78, 5) is 39.2. The van der Waals surface area contributed by atoms with Gasteiger partial charge in [0.2, 0.25) is 0 Å². The van der Waals surface area contributed by atoms with Crippen molar-refractivity contribution in [2.75, 3.05) is 26.9 Å². The third-order valence-corrected chi connectivity index (χ3v) is 4.51. The van der Waals surface area contributed by atoms with Gasteiger partial charge in [-0.2, -0.15) is 0 Å². The fourth-order valence-corrected chi connectivity index (χ4v) is 3.10. The van der Waals surface area contributed by atoms with Crippen molar-refractivity contribution in [3.05, 3.63) is 51.4 Å². The van der Waals surface area contributed by atoms with Crippen LogP contribution in [0.2, 0.25) is 0 Å². The number of rotatable bonds is 7. The van der Waals surface area contributed by atoms with Crippen LogP contribution in [-0.4, -0.2) is 62.9 Å². The Bertz CT molecular complexity index is 1240. The Hall–Kier alpha value is -3.57. The monoisotopic (exact) mass is 445 g/mol. The molecule has 0 aliphatic rings. The van der Waals surface area contributed by atoms with Crippen LogP contribution in [0, 0.1) is 12.3 Å². The fourth-order valence-electron chi connectivity index (χ4n) is 3.10. The maximum absolute atomic E-state index is 13.0. The van der Waals surface area contributed by atoms with Crippen molar-refractivity contribution < 1.29 is 24.5 Å². The minimum absolute atomic E-state index is 0.0502. The lowest BCUT2D eigenvalue weighted by Gasteiger charge is -2.14. The molecule has 0 radical (unpaired) electrons. The highest BCUT2D eigenvalue weighted by Crippen LogP contribution is 2.12. The molecule has 4 N–H and O–H groups in total. The summed E-state index contributed by atoms with van der Waals surface area (Å²) in [5.41, 5.74) is 1.19. The van der Waals surface area contributed by atoms with E-state index in [1.807, 2.05) is 13.0 Å². The van der Waals surface area contributed by atoms with E-state index in [4.69, 9.17) is 20.0 Å². The van der Waals surface area contributed by atoms with E-state index in [1.165, 1.54) is 15.0 Å². The summed E-state index contributed by atoms with van der Waals surface area (Å²) in [5.74, 6) is -1.29. The quantitative estimate of drug-likeness (QED) is 0.300. The Balaban J connectivity index is 0.000000837. The molecule has 0 spiro atoms. The number of carboxylic acid groups (broad SMARTS) is 1. The molecule has 11 nitrogen and oxygen atoms in total. The average Bonchev–Trinajstić information content (AvgIpc) is 2.74. The summed E-state index contributed by atoms with van der Waals surface area (Å²) in [5, 5.41) is 28.2. The van der Waals surface area contributed by atoms with Crippen LogP contribution in [0.5, 0.6) is 0 Å². The minimum atomic E-state index is -0.833. The third-order valence-electron chi connectivity index (χ3n) is 4.51. The van der Waals surface area contributed by atoms with Gasteiger partial charge in [-0.1, -0.05) is 6.07 Å². The van der Waals surface area contributed by atoms with Gasteiger partial charge in [0.25, 0.3) is 17.4 Å². The van der Waals surface area contributed by atoms with Crippen LogP contribution in [0.4, 0.5) is 0 Å². The van der Waals surface area contributed by atoms with Crippen LogP contribution in [0.25, 0.3) is 16.7 Å². The van der Waals surface area contributed by atoms with Crippen LogP contribution in [0.15, 0.2) is 29.2 Å². The number of hydrogen-bond donors (Lipinski definition) is 4. The van der Waals surface area contributed by atoms with Gasteiger partial charge < -0.3 is 24.8 Å². The second-order valence-corrected chi connectivity index (χ2v) is 6.94. The molecule has 3 aromatic heterocycles. The standard InChI is InChI=1S/C19H23N5O4.C2H4O2/c1-12-5-3-7-24-16(12)22-17-14(19(24)27)11-13(15(20)23(17)8-9-25)18(26)21-6-4-10-28-2;1-2(3)4/h3,5,7,11,20,25H,4,6,8-10H2,1-2H3,(H,21,26);1H3,(H,3,4). The summed E-state index contributed by atoms with van der Waals surface area (Å²) in [6, 6.07) is 5.00. The normalized spacial score (nSPS) is 10.6. The van der Waals surface area contributed by atoms with Crippen molar-refractivity contribution in [2.24, 2.45) is 0 Å². The van der Waals surface area contributed by atoms with Crippen molar-refractivity contribution in [3.63, 3.8) is 0 Å². The number of aliphatic carboxylic acids is 1. The number of nitrogens with one attached hydrogen (secondary N) is 2. The maximum atomic E-state index is 13.0. The molecule has 11 heteroatoms.